The minimum Gasteiger partial charge on any atom is -0.227 e. The molecule has 0 fully saturated rings. The smallest absolute Gasteiger partial charge is 0.227 e. The van der Waals surface area contributed by atoms with E-state index in [9.17, 15) is 16.8 Å². The molecular formula is C12H9N3O4S2. The Morgan fingerprint density at radius 2 is 1.38 bits per heavy atom. The summed E-state index contributed by atoms with van der Waals surface area (Å²) in [5, 5.41) is 0. The predicted octanol–water partition coefficient (Wildman–Crippen LogP) is 2.32. The van der Waals surface area contributed by atoms with Gasteiger partial charge >= 0.3 is 0 Å². The molecule has 0 aliphatic heterocycles. The van der Waals surface area contributed by atoms with Gasteiger partial charge in [0.15, 0.2) is 10.7 Å². The predicted molar refractivity (Wildman–Crippen MR) is 76.8 cm³/mol. The van der Waals surface area contributed by atoms with Gasteiger partial charge in [0, 0.05) is 9.43 Å². The average Bonchev–Trinajstić information content (AvgIpc) is 2.47. The second kappa shape index (κ2) is 5.96. The van der Waals surface area contributed by atoms with Crippen molar-refractivity contribution in [1.29, 1.82) is 0 Å². The molecule has 2 aromatic carbocycles. The number of benzene rings is 2. The van der Waals surface area contributed by atoms with Gasteiger partial charge in [-0.15, -0.1) is 0 Å². The molecule has 9 heteroatoms. The third-order valence-electron chi connectivity index (χ3n) is 2.71. The maximum Gasteiger partial charge on any atom is 0.264 e. The average molecular weight is 323 g/mol. The SMILES string of the molecule is [N-]=[N+]=NS(=O)(=O)c1ccc(-c2ccc([SH](=O)=O)cc2)cc1. The van der Waals surface area contributed by atoms with Gasteiger partial charge in [-0.25, -0.2) is 16.8 Å². The van der Waals surface area contributed by atoms with Crippen LogP contribution in [0, 0.1) is 0 Å². The van der Waals surface area contributed by atoms with Gasteiger partial charge in [0.1, 0.15) is 0 Å². The van der Waals surface area contributed by atoms with Crippen LogP contribution in [0.15, 0.2) is 62.8 Å². The Balaban J connectivity index is 2.37. The topological polar surface area (TPSA) is 117 Å². The summed E-state index contributed by atoms with van der Waals surface area (Å²) >= 11 is 0. The number of thiol groups is 1. The van der Waals surface area contributed by atoms with E-state index >= 15 is 0 Å². The minimum absolute atomic E-state index is 0.108. The van der Waals surface area contributed by atoms with Gasteiger partial charge in [-0.1, -0.05) is 24.3 Å². The number of hydrogen-bond acceptors (Lipinski definition) is 4. The quantitative estimate of drug-likeness (QED) is 0.402. The van der Waals surface area contributed by atoms with Crippen LogP contribution in [0.25, 0.3) is 21.6 Å². The van der Waals surface area contributed by atoms with Crippen molar-refractivity contribution in [3.63, 3.8) is 0 Å². The lowest BCUT2D eigenvalue weighted by Gasteiger charge is -2.03. The maximum atomic E-state index is 11.5. The van der Waals surface area contributed by atoms with Crippen molar-refractivity contribution < 1.29 is 16.8 Å². The first-order chi connectivity index (χ1) is 9.94. The minimum atomic E-state index is -4.00. The van der Waals surface area contributed by atoms with Crippen LogP contribution in [0.2, 0.25) is 0 Å². The van der Waals surface area contributed by atoms with Crippen molar-refractivity contribution in [2.24, 2.45) is 4.52 Å². The molecule has 2 aromatic rings. The Bertz CT molecular complexity index is 871. The molecule has 0 aromatic heterocycles. The zero-order valence-electron chi connectivity index (χ0n) is 10.4. The van der Waals surface area contributed by atoms with Crippen molar-refractivity contribution >= 4 is 20.7 Å². The Labute approximate surface area is 122 Å². The first-order valence-corrected chi connectivity index (χ1v) is 8.22. The lowest BCUT2D eigenvalue weighted by Crippen LogP contribution is -1.94. The number of azide groups is 1. The van der Waals surface area contributed by atoms with Crippen LogP contribution in [0.1, 0.15) is 0 Å². The monoisotopic (exact) mass is 323 g/mol. The summed E-state index contributed by atoms with van der Waals surface area (Å²) in [6.45, 7) is 0. The van der Waals surface area contributed by atoms with E-state index in [1.54, 1.807) is 24.3 Å². The Morgan fingerprint density at radius 3 is 1.81 bits per heavy atom. The summed E-state index contributed by atoms with van der Waals surface area (Å²) in [6.07, 6.45) is 0. The molecule has 0 radical (unpaired) electrons. The molecule has 0 spiro atoms. The van der Waals surface area contributed by atoms with Crippen LogP contribution in [-0.2, 0) is 20.7 Å². The number of sulfonamides is 1. The van der Waals surface area contributed by atoms with E-state index in [4.69, 9.17) is 5.53 Å². The molecule has 0 heterocycles. The third kappa shape index (κ3) is 3.40. The first-order valence-electron chi connectivity index (χ1n) is 5.60. The second-order valence-corrected chi connectivity index (χ2v) is 6.59. The van der Waals surface area contributed by atoms with Gasteiger partial charge in [0.25, 0.3) is 10.0 Å². The van der Waals surface area contributed by atoms with Crippen LogP contribution in [-0.4, -0.2) is 16.8 Å². The molecule has 0 unspecified atom stereocenters. The number of nitrogens with zero attached hydrogens (tertiary/aromatic N) is 3. The molecule has 0 aliphatic rings. The highest BCUT2D eigenvalue weighted by atomic mass is 32.2. The standard InChI is InChI=1S/C12H9N3O4S2/c13-14-15-21(18,19)12-7-3-10(4-8-12)9-1-5-11(6-2-9)20(16)17/h1-8,20H. The van der Waals surface area contributed by atoms with E-state index in [2.05, 4.69) is 9.43 Å². The third-order valence-corrected chi connectivity index (χ3v) is 4.58. The van der Waals surface area contributed by atoms with E-state index in [-0.39, 0.29) is 9.79 Å². The van der Waals surface area contributed by atoms with Crippen molar-refractivity contribution in [3.05, 3.63) is 59.0 Å². The number of hydrogen-bond donors (Lipinski definition) is 1. The molecule has 0 bridgehead atoms. The van der Waals surface area contributed by atoms with Gasteiger partial charge in [0.2, 0.25) is 0 Å². The largest absolute Gasteiger partial charge is 0.264 e. The summed E-state index contributed by atoms with van der Waals surface area (Å²) < 4.78 is 47.4. The highest BCUT2D eigenvalue weighted by Crippen LogP contribution is 2.22. The van der Waals surface area contributed by atoms with Crippen LogP contribution in [0.3, 0.4) is 0 Å². The van der Waals surface area contributed by atoms with Crippen LogP contribution < -0.4 is 0 Å². The van der Waals surface area contributed by atoms with E-state index < -0.39 is 20.7 Å². The van der Waals surface area contributed by atoms with Crippen LogP contribution >= 0.6 is 0 Å². The summed E-state index contributed by atoms with van der Waals surface area (Å²) in [4.78, 5) is 2.37. The van der Waals surface area contributed by atoms with E-state index in [1.807, 2.05) is 0 Å². The second-order valence-electron chi connectivity index (χ2n) is 3.97. The van der Waals surface area contributed by atoms with Crippen molar-refractivity contribution in [1.82, 2.24) is 0 Å². The maximum absolute atomic E-state index is 11.5. The summed E-state index contributed by atoms with van der Waals surface area (Å²) in [5.74, 6) is 0. The molecule has 108 valence electrons. The zero-order valence-corrected chi connectivity index (χ0v) is 12.2. The summed E-state index contributed by atoms with van der Waals surface area (Å²) in [7, 11) is -6.63. The van der Waals surface area contributed by atoms with E-state index in [1.165, 1.54) is 24.3 Å². The fourth-order valence-corrected chi connectivity index (χ4v) is 2.75. The van der Waals surface area contributed by atoms with Gasteiger partial charge in [-0.05, 0) is 40.9 Å². The highest BCUT2D eigenvalue weighted by Gasteiger charge is 2.11. The zero-order chi connectivity index (χ0) is 15.5. The summed E-state index contributed by atoms with van der Waals surface area (Å²) in [5.41, 5.74) is 9.65. The number of rotatable bonds is 4. The fourth-order valence-electron chi connectivity index (χ4n) is 1.69. The molecule has 0 aliphatic carbocycles. The molecule has 0 atom stereocenters. The Kier molecular flexibility index (Phi) is 4.27. The van der Waals surface area contributed by atoms with E-state index in [0.717, 1.165) is 5.56 Å². The van der Waals surface area contributed by atoms with Gasteiger partial charge in [0.05, 0.1) is 9.79 Å². The first kappa shape index (κ1) is 15.0. The van der Waals surface area contributed by atoms with Crippen molar-refractivity contribution in [3.8, 4) is 11.1 Å². The van der Waals surface area contributed by atoms with Gasteiger partial charge in [-0.2, -0.15) is 0 Å². The van der Waals surface area contributed by atoms with Crippen molar-refractivity contribution in [2.45, 2.75) is 9.79 Å². The molecule has 21 heavy (non-hydrogen) atoms. The molecular weight excluding hydrogens is 314 g/mol. The molecule has 0 amide bonds. The van der Waals surface area contributed by atoms with E-state index in [0.29, 0.717) is 5.56 Å². The summed E-state index contributed by atoms with van der Waals surface area (Å²) in [6, 6.07) is 11.9. The van der Waals surface area contributed by atoms with Gasteiger partial charge < -0.3 is 0 Å². The molecule has 7 nitrogen and oxygen atoms in total. The normalized spacial score (nSPS) is 11.1. The molecule has 0 saturated carbocycles. The van der Waals surface area contributed by atoms with Gasteiger partial charge in [-0.3, -0.25) is 0 Å². The molecule has 2 rings (SSSR count). The fraction of sp³-hybridized carbons (Fsp3) is 0. The molecule has 0 saturated heterocycles. The van der Waals surface area contributed by atoms with Crippen LogP contribution in [0.4, 0.5) is 0 Å². The Morgan fingerprint density at radius 1 is 0.905 bits per heavy atom. The molecule has 0 N–H and O–H groups in total. The Hall–Kier alpha value is -2.35. The lowest BCUT2D eigenvalue weighted by atomic mass is 10.1. The highest BCUT2D eigenvalue weighted by molar-refractivity contribution is 7.90. The van der Waals surface area contributed by atoms with Crippen molar-refractivity contribution in [2.75, 3.05) is 0 Å². The van der Waals surface area contributed by atoms with Crippen LogP contribution in [0.5, 0.6) is 0 Å². The lowest BCUT2D eigenvalue weighted by molar-refractivity contribution is 0.597.